The molecule has 0 spiro atoms. The molecule has 3 rings (SSSR count). The number of methoxy groups -OCH3 is 2. The van der Waals surface area contributed by atoms with Crippen molar-refractivity contribution in [2.75, 3.05) is 53.3 Å². The van der Waals surface area contributed by atoms with E-state index in [9.17, 15) is 9.59 Å². The molecule has 1 aliphatic heterocycles. The number of amides is 2. The number of carbonyl (C=O) groups excluding carboxylic acids is 2. The second kappa shape index (κ2) is 11.4. The molecule has 3 atom stereocenters. The molecule has 0 aromatic heterocycles. The minimum atomic E-state index is -0.306. The number of anilines is 1. The van der Waals surface area contributed by atoms with E-state index in [1.54, 1.807) is 61.5 Å². The Morgan fingerprint density at radius 1 is 1.09 bits per heavy atom. The molecule has 1 N–H and O–H groups in total. The van der Waals surface area contributed by atoms with Crippen LogP contribution < -0.4 is 14.8 Å². The molecule has 1 aliphatic rings. The summed E-state index contributed by atoms with van der Waals surface area (Å²) in [5, 5.41) is 2.88. The number of nitrogens with one attached hydrogen (secondary N) is 1. The maximum Gasteiger partial charge on any atom is 0.259 e. The van der Waals surface area contributed by atoms with Crippen molar-refractivity contribution in [1.29, 1.82) is 0 Å². The van der Waals surface area contributed by atoms with E-state index in [1.807, 2.05) is 0 Å². The van der Waals surface area contributed by atoms with Crippen molar-refractivity contribution in [3.8, 4) is 11.5 Å². The lowest BCUT2D eigenvalue weighted by Gasteiger charge is -2.34. The van der Waals surface area contributed by atoms with Crippen LogP contribution in [0.2, 0.25) is 0 Å². The average molecular weight is 470 g/mol. The number of hydrogen-bond acceptors (Lipinski definition) is 6. The van der Waals surface area contributed by atoms with Gasteiger partial charge in [-0.15, -0.1) is 0 Å². The fourth-order valence-corrected chi connectivity index (χ4v) is 4.06. The molecule has 0 unspecified atom stereocenters. The first-order valence-electron chi connectivity index (χ1n) is 11.4. The standard InChI is InChI=1S/C26H35N3O5/c1-17-14-28(3)18(2)16-34-23-13-19(27-25(30)20-9-7-8-10-22(20)32-5)11-12-21(23)26(31)29(4)15-24(17)33-6/h7-13,17-18,24H,14-16H2,1-6H3,(H,27,30)/t17-,18+,24+/m0/s1. The van der Waals surface area contributed by atoms with Gasteiger partial charge < -0.3 is 24.4 Å². The summed E-state index contributed by atoms with van der Waals surface area (Å²) >= 11 is 0. The third kappa shape index (κ3) is 5.87. The number of hydrogen-bond donors (Lipinski definition) is 1. The van der Waals surface area contributed by atoms with Crippen LogP contribution in [-0.2, 0) is 4.74 Å². The van der Waals surface area contributed by atoms with Crippen LogP contribution >= 0.6 is 0 Å². The molecule has 0 radical (unpaired) electrons. The third-order valence-corrected chi connectivity index (χ3v) is 6.37. The molecule has 8 heteroatoms. The van der Waals surface area contributed by atoms with Crippen molar-refractivity contribution < 1.29 is 23.8 Å². The van der Waals surface area contributed by atoms with Crippen molar-refractivity contribution in [1.82, 2.24) is 9.80 Å². The van der Waals surface area contributed by atoms with Crippen LogP contribution in [0.25, 0.3) is 0 Å². The fourth-order valence-electron chi connectivity index (χ4n) is 4.06. The molecule has 0 saturated heterocycles. The lowest BCUT2D eigenvalue weighted by Crippen LogP contribution is -2.45. The highest BCUT2D eigenvalue weighted by molar-refractivity contribution is 6.06. The van der Waals surface area contributed by atoms with Gasteiger partial charge in [-0.3, -0.25) is 14.5 Å². The molecule has 0 saturated carbocycles. The van der Waals surface area contributed by atoms with Crippen molar-refractivity contribution >= 4 is 17.5 Å². The molecular weight excluding hydrogens is 434 g/mol. The number of nitrogens with zero attached hydrogens (tertiary/aromatic N) is 2. The van der Waals surface area contributed by atoms with Crippen LogP contribution in [-0.4, -0.2) is 81.8 Å². The summed E-state index contributed by atoms with van der Waals surface area (Å²) in [6.07, 6.45) is -0.0909. The van der Waals surface area contributed by atoms with Crippen molar-refractivity contribution in [2.24, 2.45) is 5.92 Å². The van der Waals surface area contributed by atoms with E-state index in [0.717, 1.165) is 6.54 Å². The van der Waals surface area contributed by atoms with E-state index in [-0.39, 0.29) is 29.9 Å². The van der Waals surface area contributed by atoms with Crippen LogP contribution in [0.15, 0.2) is 42.5 Å². The summed E-state index contributed by atoms with van der Waals surface area (Å²) in [6, 6.07) is 12.2. The third-order valence-electron chi connectivity index (χ3n) is 6.37. The molecule has 8 nitrogen and oxygen atoms in total. The number of benzene rings is 2. The lowest BCUT2D eigenvalue weighted by molar-refractivity contribution is 0.0150. The molecule has 1 heterocycles. The van der Waals surface area contributed by atoms with Crippen molar-refractivity contribution in [2.45, 2.75) is 26.0 Å². The largest absolute Gasteiger partial charge is 0.496 e. The van der Waals surface area contributed by atoms with Gasteiger partial charge in [0.15, 0.2) is 0 Å². The molecule has 2 aromatic rings. The molecule has 0 aliphatic carbocycles. The summed E-state index contributed by atoms with van der Waals surface area (Å²) in [4.78, 5) is 30.0. The number of fused-ring (bicyclic) bond motifs is 1. The normalized spacial score (nSPS) is 22.1. The maximum absolute atomic E-state index is 13.3. The van der Waals surface area contributed by atoms with Gasteiger partial charge in [0.2, 0.25) is 0 Å². The Morgan fingerprint density at radius 2 is 1.82 bits per heavy atom. The zero-order valence-corrected chi connectivity index (χ0v) is 20.8. The van der Waals surface area contributed by atoms with Gasteiger partial charge in [-0.05, 0) is 44.2 Å². The van der Waals surface area contributed by atoms with Crippen LogP contribution in [0.3, 0.4) is 0 Å². The summed E-state index contributed by atoms with van der Waals surface area (Å²) in [6.45, 7) is 5.89. The van der Waals surface area contributed by atoms with E-state index < -0.39 is 0 Å². The summed E-state index contributed by atoms with van der Waals surface area (Å²) in [5.41, 5.74) is 1.39. The van der Waals surface area contributed by atoms with Gasteiger partial charge in [0.25, 0.3) is 11.8 Å². The molecule has 34 heavy (non-hydrogen) atoms. The zero-order chi connectivity index (χ0) is 24.8. The van der Waals surface area contributed by atoms with Gasteiger partial charge in [0.05, 0.1) is 24.3 Å². The average Bonchev–Trinajstić information content (AvgIpc) is 2.84. The molecule has 184 valence electrons. The molecular formula is C26H35N3O5. The van der Waals surface area contributed by atoms with Crippen molar-refractivity contribution in [3.63, 3.8) is 0 Å². The number of carbonyl (C=O) groups is 2. The minimum absolute atomic E-state index is 0.0909. The van der Waals surface area contributed by atoms with E-state index in [2.05, 4.69) is 31.1 Å². The Morgan fingerprint density at radius 3 is 2.53 bits per heavy atom. The highest BCUT2D eigenvalue weighted by Crippen LogP contribution is 2.27. The predicted octanol–water partition coefficient (Wildman–Crippen LogP) is 3.38. The van der Waals surface area contributed by atoms with Gasteiger partial charge >= 0.3 is 0 Å². The van der Waals surface area contributed by atoms with E-state index in [0.29, 0.717) is 41.5 Å². The highest BCUT2D eigenvalue weighted by Gasteiger charge is 2.27. The van der Waals surface area contributed by atoms with Gasteiger partial charge in [-0.2, -0.15) is 0 Å². The van der Waals surface area contributed by atoms with E-state index >= 15 is 0 Å². The number of ether oxygens (including phenoxy) is 3. The SMILES string of the molecule is COc1ccccc1C(=O)Nc1ccc2c(c1)OC[C@@H](C)N(C)C[C@H](C)[C@H](OC)CN(C)C2=O. The highest BCUT2D eigenvalue weighted by atomic mass is 16.5. The van der Waals surface area contributed by atoms with Crippen LogP contribution in [0.1, 0.15) is 34.6 Å². The number of rotatable bonds is 4. The predicted molar refractivity (Wildman–Crippen MR) is 132 cm³/mol. The molecule has 2 aromatic carbocycles. The molecule has 0 fully saturated rings. The van der Waals surface area contributed by atoms with Crippen LogP contribution in [0.4, 0.5) is 5.69 Å². The van der Waals surface area contributed by atoms with Crippen LogP contribution in [0, 0.1) is 5.92 Å². The molecule has 2 amide bonds. The number of likely N-dealkylation sites (N-methyl/N-ethyl adjacent to an activating group) is 2. The quantitative estimate of drug-likeness (QED) is 0.740. The zero-order valence-electron chi connectivity index (χ0n) is 20.8. The fraction of sp³-hybridized carbons (Fsp3) is 0.462. The Kier molecular flexibility index (Phi) is 8.52. The summed E-state index contributed by atoms with van der Waals surface area (Å²) in [7, 11) is 7.03. The topological polar surface area (TPSA) is 80.3 Å². The van der Waals surface area contributed by atoms with E-state index in [4.69, 9.17) is 14.2 Å². The number of para-hydroxylation sites is 1. The molecule has 0 bridgehead atoms. The summed E-state index contributed by atoms with van der Waals surface area (Å²) in [5.74, 6) is 0.683. The van der Waals surface area contributed by atoms with Crippen LogP contribution in [0.5, 0.6) is 11.5 Å². The van der Waals surface area contributed by atoms with Gasteiger partial charge in [0, 0.05) is 45.0 Å². The first-order chi connectivity index (χ1) is 16.2. The van der Waals surface area contributed by atoms with Gasteiger partial charge in [-0.1, -0.05) is 19.1 Å². The smallest absolute Gasteiger partial charge is 0.259 e. The Labute approximate surface area is 201 Å². The Hall–Kier alpha value is -3.10. The Bertz CT molecular complexity index is 1010. The Balaban J connectivity index is 1.91. The first-order valence-corrected chi connectivity index (χ1v) is 11.4. The van der Waals surface area contributed by atoms with Crippen molar-refractivity contribution in [3.05, 3.63) is 53.6 Å². The maximum atomic E-state index is 13.3. The summed E-state index contributed by atoms with van der Waals surface area (Å²) < 4.78 is 17.1. The lowest BCUT2D eigenvalue weighted by atomic mass is 10.0. The minimum Gasteiger partial charge on any atom is -0.496 e. The van der Waals surface area contributed by atoms with Gasteiger partial charge in [-0.25, -0.2) is 0 Å². The first kappa shape index (κ1) is 25.5. The second-order valence-electron chi connectivity index (χ2n) is 8.90. The monoisotopic (exact) mass is 469 g/mol. The second-order valence-corrected chi connectivity index (χ2v) is 8.90. The van der Waals surface area contributed by atoms with E-state index in [1.165, 1.54) is 7.11 Å². The van der Waals surface area contributed by atoms with Gasteiger partial charge in [0.1, 0.15) is 18.1 Å².